The Morgan fingerprint density at radius 1 is 1.15 bits per heavy atom. The fraction of sp³-hybridized carbons (Fsp3) is 0.292. The second-order valence-electron chi connectivity index (χ2n) is 8.40. The largest absolute Gasteiger partial charge is 0.481 e. The van der Waals surface area contributed by atoms with Crippen molar-refractivity contribution in [3.8, 4) is 17.8 Å². The van der Waals surface area contributed by atoms with E-state index >= 15 is 0 Å². The minimum atomic E-state index is -0.708. The molecule has 2 aromatic carbocycles. The van der Waals surface area contributed by atoms with Crippen LogP contribution in [0.2, 0.25) is 0 Å². The standard InChI is InChI=1S/C24H22N6O3/c25-13-15-3-8-18(9-4-15)26-24-30-29-23(33-24)22-27-19-10-7-17(12-20(19)28-22)16-5-1-14(2-6-16)11-21(31)32/h3-4,7-10,12,14,16H,1-2,5-6,11H2,(H,26,30)(H,27,28)(H,31,32). The molecule has 9 heteroatoms. The fourth-order valence-corrected chi connectivity index (χ4v) is 4.45. The van der Waals surface area contributed by atoms with Crippen LogP contribution in [0.3, 0.4) is 0 Å². The molecule has 4 aromatic rings. The molecule has 3 N–H and O–H groups in total. The number of carboxylic acid groups (broad SMARTS) is 1. The molecule has 0 unspecified atom stereocenters. The summed E-state index contributed by atoms with van der Waals surface area (Å²) in [5.41, 5.74) is 4.24. The zero-order chi connectivity index (χ0) is 22.8. The van der Waals surface area contributed by atoms with Crippen molar-refractivity contribution in [1.82, 2.24) is 20.2 Å². The van der Waals surface area contributed by atoms with E-state index in [2.05, 4.69) is 43.7 Å². The van der Waals surface area contributed by atoms with E-state index in [0.29, 0.717) is 17.3 Å². The van der Waals surface area contributed by atoms with Crippen LogP contribution in [0.25, 0.3) is 22.7 Å². The van der Waals surface area contributed by atoms with Gasteiger partial charge in [0.1, 0.15) is 0 Å². The van der Waals surface area contributed by atoms with Gasteiger partial charge >= 0.3 is 12.0 Å². The molecule has 1 aliphatic carbocycles. The van der Waals surface area contributed by atoms with Crippen LogP contribution in [0.5, 0.6) is 0 Å². The number of H-pyrrole nitrogens is 1. The van der Waals surface area contributed by atoms with Gasteiger partial charge in [-0.15, -0.1) is 5.10 Å². The summed E-state index contributed by atoms with van der Waals surface area (Å²) in [5, 5.41) is 29.0. The SMILES string of the molecule is N#Cc1ccc(Nc2nnc(-c3nc4cc(C5CCC(CC(=O)O)CC5)ccc4[nH]3)o2)cc1. The average molecular weight is 442 g/mol. The molecule has 0 spiro atoms. The highest BCUT2D eigenvalue weighted by Gasteiger charge is 2.24. The van der Waals surface area contributed by atoms with E-state index in [9.17, 15) is 4.79 Å². The summed E-state index contributed by atoms with van der Waals surface area (Å²) in [6, 6.07) is 15.4. The van der Waals surface area contributed by atoms with E-state index in [0.717, 1.165) is 42.4 Å². The molecule has 0 saturated heterocycles. The normalized spacial score (nSPS) is 18.2. The van der Waals surface area contributed by atoms with Crippen LogP contribution in [0.4, 0.5) is 11.7 Å². The maximum atomic E-state index is 11.0. The number of aromatic nitrogens is 4. The number of benzene rings is 2. The molecule has 0 atom stereocenters. The molecule has 9 nitrogen and oxygen atoms in total. The first-order chi connectivity index (χ1) is 16.1. The number of hydrogen-bond donors (Lipinski definition) is 3. The van der Waals surface area contributed by atoms with E-state index in [1.54, 1.807) is 24.3 Å². The van der Waals surface area contributed by atoms with Gasteiger partial charge in [0.15, 0.2) is 5.82 Å². The number of rotatable bonds is 6. The summed E-state index contributed by atoms with van der Waals surface area (Å²) >= 11 is 0. The smallest absolute Gasteiger partial charge is 0.320 e. The molecule has 2 aromatic heterocycles. The molecule has 5 rings (SSSR count). The van der Waals surface area contributed by atoms with Crippen molar-refractivity contribution in [1.29, 1.82) is 5.26 Å². The number of hydrogen-bond acceptors (Lipinski definition) is 7. The Hall–Kier alpha value is -4.19. The number of aliphatic carboxylic acids is 1. The number of nitrogens with one attached hydrogen (secondary N) is 2. The first kappa shape index (κ1) is 20.7. The van der Waals surface area contributed by atoms with E-state index in [4.69, 9.17) is 14.8 Å². The fourth-order valence-electron chi connectivity index (χ4n) is 4.45. The van der Waals surface area contributed by atoms with Crippen LogP contribution in [-0.2, 0) is 4.79 Å². The number of anilines is 2. The molecule has 1 fully saturated rings. The van der Waals surface area contributed by atoms with Crippen LogP contribution in [0, 0.1) is 17.2 Å². The van der Waals surface area contributed by atoms with Gasteiger partial charge in [-0.1, -0.05) is 11.2 Å². The topological polar surface area (TPSA) is 141 Å². The third-order valence-corrected chi connectivity index (χ3v) is 6.18. The molecule has 1 saturated carbocycles. The highest BCUT2D eigenvalue weighted by Crippen LogP contribution is 2.38. The van der Waals surface area contributed by atoms with Crippen molar-refractivity contribution in [2.45, 2.75) is 38.0 Å². The maximum Gasteiger partial charge on any atom is 0.320 e. The molecule has 1 aliphatic rings. The van der Waals surface area contributed by atoms with Crippen molar-refractivity contribution in [2.24, 2.45) is 5.92 Å². The Morgan fingerprint density at radius 3 is 2.67 bits per heavy atom. The number of carboxylic acids is 1. The molecule has 0 amide bonds. The lowest BCUT2D eigenvalue weighted by atomic mass is 9.77. The van der Waals surface area contributed by atoms with Gasteiger partial charge in [-0.3, -0.25) is 4.79 Å². The number of fused-ring (bicyclic) bond motifs is 1. The van der Waals surface area contributed by atoms with Gasteiger partial charge in [0, 0.05) is 12.1 Å². The van der Waals surface area contributed by atoms with Gasteiger partial charge in [0.2, 0.25) is 0 Å². The van der Waals surface area contributed by atoms with Crippen LogP contribution >= 0.6 is 0 Å². The lowest BCUT2D eigenvalue weighted by molar-refractivity contribution is -0.138. The van der Waals surface area contributed by atoms with E-state index in [1.165, 1.54) is 5.56 Å². The van der Waals surface area contributed by atoms with Crippen LogP contribution in [0.1, 0.15) is 49.1 Å². The summed E-state index contributed by atoms with van der Waals surface area (Å²) in [7, 11) is 0. The highest BCUT2D eigenvalue weighted by molar-refractivity contribution is 5.79. The van der Waals surface area contributed by atoms with Crippen molar-refractivity contribution >= 4 is 28.7 Å². The third-order valence-electron chi connectivity index (χ3n) is 6.18. The number of nitriles is 1. The quantitative estimate of drug-likeness (QED) is 0.380. The summed E-state index contributed by atoms with van der Waals surface area (Å²) < 4.78 is 5.71. The van der Waals surface area contributed by atoms with Crippen molar-refractivity contribution in [2.75, 3.05) is 5.32 Å². The number of nitrogens with zero attached hydrogens (tertiary/aromatic N) is 4. The molecule has 2 heterocycles. The minimum absolute atomic E-state index is 0.231. The molecular formula is C24H22N6O3. The van der Waals surface area contributed by atoms with E-state index < -0.39 is 5.97 Å². The zero-order valence-corrected chi connectivity index (χ0v) is 17.8. The number of imidazole rings is 1. The Bertz CT molecular complexity index is 1330. The number of carbonyl (C=O) groups is 1. The first-order valence-corrected chi connectivity index (χ1v) is 10.9. The second kappa shape index (κ2) is 8.74. The second-order valence-corrected chi connectivity index (χ2v) is 8.40. The average Bonchev–Trinajstić information content (AvgIpc) is 3.46. The molecule has 166 valence electrons. The van der Waals surface area contributed by atoms with Crippen molar-refractivity contribution in [3.63, 3.8) is 0 Å². The summed E-state index contributed by atoms with van der Waals surface area (Å²) in [6.45, 7) is 0. The monoisotopic (exact) mass is 442 g/mol. The molecule has 0 aliphatic heterocycles. The Kier molecular flexibility index (Phi) is 5.48. The van der Waals surface area contributed by atoms with Crippen LogP contribution < -0.4 is 5.32 Å². The Balaban J connectivity index is 1.29. The third kappa shape index (κ3) is 4.55. The molecular weight excluding hydrogens is 420 g/mol. The van der Waals surface area contributed by atoms with Gasteiger partial charge in [-0.2, -0.15) is 5.26 Å². The summed E-state index contributed by atoms with van der Waals surface area (Å²) in [4.78, 5) is 18.8. The number of aromatic amines is 1. The highest BCUT2D eigenvalue weighted by atomic mass is 16.4. The maximum absolute atomic E-state index is 11.0. The molecule has 0 bridgehead atoms. The minimum Gasteiger partial charge on any atom is -0.481 e. The van der Waals surface area contributed by atoms with Gasteiger partial charge in [0.25, 0.3) is 5.89 Å². The van der Waals surface area contributed by atoms with E-state index in [-0.39, 0.29) is 24.2 Å². The molecule has 33 heavy (non-hydrogen) atoms. The van der Waals surface area contributed by atoms with Gasteiger partial charge in [-0.25, -0.2) is 4.98 Å². The Labute approximate surface area is 189 Å². The van der Waals surface area contributed by atoms with Gasteiger partial charge in [0.05, 0.1) is 22.7 Å². The zero-order valence-electron chi connectivity index (χ0n) is 17.8. The van der Waals surface area contributed by atoms with Crippen LogP contribution in [0.15, 0.2) is 46.9 Å². The van der Waals surface area contributed by atoms with Crippen LogP contribution in [-0.4, -0.2) is 31.2 Å². The molecule has 0 radical (unpaired) electrons. The first-order valence-electron chi connectivity index (χ1n) is 10.9. The van der Waals surface area contributed by atoms with Gasteiger partial charge in [-0.05, 0) is 79.5 Å². The van der Waals surface area contributed by atoms with Gasteiger partial charge < -0.3 is 19.8 Å². The summed E-state index contributed by atoms with van der Waals surface area (Å²) in [6.07, 6.45) is 4.14. The Morgan fingerprint density at radius 2 is 1.94 bits per heavy atom. The predicted octanol–water partition coefficient (Wildman–Crippen LogP) is 4.98. The van der Waals surface area contributed by atoms with Crippen molar-refractivity contribution < 1.29 is 14.3 Å². The lowest BCUT2D eigenvalue weighted by Crippen LogP contribution is -2.16. The van der Waals surface area contributed by atoms with Crippen molar-refractivity contribution in [3.05, 3.63) is 53.6 Å². The van der Waals surface area contributed by atoms with E-state index in [1.807, 2.05) is 6.07 Å². The summed E-state index contributed by atoms with van der Waals surface area (Å²) in [5.74, 6) is 0.765. The predicted molar refractivity (Wildman–Crippen MR) is 121 cm³/mol. The lowest BCUT2D eigenvalue weighted by Gasteiger charge is -2.27.